The highest BCUT2D eigenvalue weighted by Crippen LogP contribution is 2.41. The molecule has 4 rings (SSSR count). The molecule has 1 atom stereocenters. The number of phenols is 1. The summed E-state index contributed by atoms with van der Waals surface area (Å²) in [6.07, 6.45) is 4.94. The highest BCUT2D eigenvalue weighted by atomic mass is 16.3. The van der Waals surface area contributed by atoms with Gasteiger partial charge in [-0.3, -0.25) is 4.79 Å². The van der Waals surface area contributed by atoms with Gasteiger partial charge in [0.2, 0.25) is 5.91 Å². The van der Waals surface area contributed by atoms with Crippen LogP contribution in [0, 0.1) is 6.92 Å². The number of hydrogen-bond donors (Lipinski definition) is 2. The van der Waals surface area contributed by atoms with Gasteiger partial charge < -0.3 is 10.4 Å². The number of nitrogens with one attached hydrogen (secondary N) is 1. The second-order valence-corrected chi connectivity index (χ2v) is 8.86. The molecule has 1 fully saturated rings. The summed E-state index contributed by atoms with van der Waals surface area (Å²) in [7, 11) is 0. The topological polar surface area (TPSA) is 49.3 Å². The zero-order chi connectivity index (χ0) is 21.7. The summed E-state index contributed by atoms with van der Waals surface area (Å²) in [6.45, 7) is 2.62. The van der Waals surface area contributed by atoms with E-state index in [0.29, 0.717) is 13.0 Å². The number of aromatic hydroxyl groups is 1. The number of carbonyl (C=O) groups excluding carboxylic acids is 1. The average molecular weight is 414 g/mol. The van der Waals surface area contributed by atoms with Crippen LogP contribution in [0.1, 0.15) is 60.3 Å². The molecule has 0 aliphatic heterocycles. The molecule has 1 saturated carbocycles. The Labute approximate surface area is 185 Å². The van der Waals surface area contributed by atoms with Crippen LogP contribution in [0.15, 0.2) is 78.9 Å². The molecule has 1 aliphatic carbocycles. The van der Waals surface area contributed by atoms with Gasteiger partial charge in [-0.25, -0.2) is 0 Å². The molecule has 0 bridgehead atoms. The molecule has 1 aliphatic rings. The molecule has 3 heteroatoms. The van der Waals surface area contributed by atoms with Gasteiger partial charge >= 0.3 is 0 Å². The van der Waals surface area contributed by atoms with Crippen molar-refractivity contribution in [2.45, 2.75) is 50.4 Å². The zero-order valence-electron chi connectivity index (χ0n) is 18.2. The van der Waals surface area contributed by atoms with E-state index in [0.717, 1.165) is 29.5 Å². The van der Waals surface area contributed by atoms with Gasteiger partial charge in [0.05, 0.1) is 0 Å². The maximum absolute atomic E-state index is 13.1. The quantitative estimate of drug-likeness (QED) is 0.510. The van der Waals surface area contributed by atoms with E-state index in [1.54, 1.807) is 6.07 Å². The Morgan fingerprint density at radius 3 is 2.26 bits per heavy atom. The molecule has 0 saturated heterocycles. The first-order valence-corrected chi connectivity index (χ1v) is 11.2. The fourth-order valence-electron chi connectivity index (χ4n) is 4.98. The van der Waals surface area contributed by atoms with Gasteiger partial charge in [-0.05, 0) is 42.5 Å². The SMILES string of the molecule is Cc1ccc([C@H](CC(=O)NCC2(c3ccccc3)CCCC2)c2ccccc2)c(O)c1. The van der Waals surface area contributed by atoms with Gasteiger partial charge in [0.1, 0.15) is 5.75 Å². The molecule has 0 heterocycles. The van der Waals surface area contributed by atoms with E-state index in [-0.39, 0.29) is 23.0 Å². The van der Waals surface area contributed by atoms with Crippen molar-refractivity contribution >= 4 is 5.91 Å². The third kappa shape index (κ3) is 4.82. The van der Waals surface area contributed by atoms with Crippen LogP contribution in [0.4, 0.5) is 0 Å². The summed E-state index contributed by atoms with van der Waals surface area (Å²) >= 11 is 0. The minimum absolute atomic E-state index is 0.0241. The molecule has 0 radical (unpaired) electrons. The monoisotopic (exact) mass is 413 g/mol. The second kappa shape index (κ2) is 9.38. The number of phenolic OH excluding ortho intramolecular Hbond substituents is 1. The lowest BCUT2D eigenvalue weighted by Gasteiger charge is -2.30. The second-order valence-electron chi connectivity index (χ2n) is 8.86. The molecule has 2 N–H and O–H groups in total. The molecule has 3 aromatic rings. The Balaban J connectivity index is 1.53. The summed E-state index contributed by atoms with van der Waals surface area (Å²) in [5.41, 5.74) is 4.19. The highest BCUT2D eigenvalue weighted by molar-refractivity contribution is 5.78. The third-order valence-corrected chi connectivity index (χ3v) is 6.72. The van der Waals surface area contributed by atoms with Crippen molar-refractivity contribution in [1.82, 2.24) is 5.32 Å². The average Bonchev–Trinajstić information content (AvgIpc) is 3.28. The molecule has 3 nitrogen and oxygen atoms in total. The van der Waals surface area contributed by atoms with Crippen LogP contribution in [0.25, 0.3) is 0 Å². The van der Waals surface area contributed by atoms with E-state index in [9.17, 15) is 9.90 Å². The normalized spacial score (nSPS) is 16.0. The van der Waals surface area contributed by atoms with Crippen molar-refractivity contribution in [3.8, 4) is 5.75 Å². The summed E-state index contributed by atoms with van der Waals surface area (Å²) in [5, 5.41) is 13.8. The summed E-state index contributed by atoms with van der Waals surface area (Å²) in [6, 6.07) is 26.3. The molecular weight excluding hydrogens is 382 g/mol. The van der Waals surface area contributed by atoms with Crippen molar-refractivity contribution in [2.24, 2.45) is 0 Å². The first kappa shape index (κ1) is 21.2. The lowest BCUT2D eigenvalue weighted by Crippen LogP contribution is -2.39. The maximum atomic E-state index is 13.1. The summed E-state index contributed by atoms with van der Waals surface area (Å²) in [5.74, 6) is 0.0901. The first-order chi connectivity index (χ1) is 15.1. The minimum atomic E-state index is -0.182. The van der Waals surface area contributed by atoms with Crippen molar-refractivity contribution in [1.29, 1.82) is 0 Å². The van der Waals surface area contributed by atoms with Gasteiger partial charge in [0.15, 0.2) is 0 Å². The Hall–Kier alpha value is -3.07. The van der Waals surface area contributed by atoms with E-state index in [2.05, 4.69) is 29.6 Å². The Bertz CT molecular complexity index is 1010. The molecular formula is C28H31NO2. The van der Waals surface area contributed by atoms with Gasteiger partial charge in [0.25, 0.3) is 0 Å². The molecule has 0 aromatic heterocycles. The Morgan fingerprint density at radius 1 is 0.968 bits per heavy atom. The predicted octanol–water partition coefficient (Wildman–Crippen LogP) is 5.85. The van der Waals surface area contributed by atoms with Gasteiger partial charge in [-0.2, -0.15) is 0 Å². The van der Waals surface area contributed by atoms with Crippen LogP contribution in [0.2, 0.25) is 0 Å². The third-order valence-electron chi connectivity index (χ3n) is 6.72. The lowest BCUT2D eigenvalue weighted by molar-refractivity contribution is -0.121. The van der Waals surface area contributed by atoms with Crippen molar-refractivity contribution < 1.29 is 9.90 Å². The first-order valence-electron chi connectivity index (χ1n) is 11.2. The van der Waals surface area contributed by atoms with E-state index < -0.39 is 0 Å². The van der Waals surface area contributed by atoms with Crippen LogP contribution in [-0.2, 0) is 10.2 Å². The van der Waals surface area contributed by atoms with Crippen LogP contribution < -0.4 is 5.32 Å². The zero-order valence-corrected chi connectivity index (χ0v) is 18.2. The molecule has 31 heavy (non-hydrogen) atoms. The van der Waals surface area contributed by atoms with Crippen LogP contribution >= 0.6 is 0 Å². The van der Waals surface area contributed by atoms with Crippen molar-refractivity contribution in [3.05, 3.63) is 101 Å². The Kier molecular flexibility index (Phi) is 6.41. The van der Waals surface area contributed by atoms with Crippen molar-refractivity contribution in [3.63, 3.8) is 0 Å². The fourth-order valence-corrected chi connectivity index (χ4v) is 4.98. The molecule has 1 amide bonds. The van der Waals surface area contributed by atoms with E-state index in [1.165, 1.54) is 18.4 Å². The van der Waals surface area contributed by atoms with E-state index >= 15 is 0 Å². The lowest BCUT2D eigenvalue weighted by atomic mass is 9.78. The molecule has 0 spiro atoms. The highest BCUT2D eigenvalue weighted by Gasteiger charge is 2.36. The molecule has 160 valence electrons. The number of rotatable bonds is 7. The van der Waals surface area contributed by atoms with Crippen LogP contribution in [0.5, 0.6) is 5.75 Å². The predicted molar refractivity (Wildman–Crippen MR) is 125 cm³/mol. The van der Waals surface area contributed by atoms with Crippen LogP contribution in [-0.4, -0.2) is 17.6 Å². The van der Waals surface area contributed by atoms with Gasteiger partial charge in [-0.15, -0.1) is 0 Å². The molecule has 0 unspecified atom stereocenters. The summed E-state index contributed by atoms with van der Waals surface area (Å²) < 4.78 is 0. The van der Waals surface area contributed by atoms with Gasteiger partial charge in [-0.1, -0.05) is 85.6 Å². The number of aryl methyl sites for hydroxylation is 1. The maximum Gasteiger partial charge on any atom is 0.220 e. The number of carbonyl (C=O) groups is 1. The van der Waals surface area contributed by atoms with E-state index in [1.807, 2.05) is 55.5 Å². The largest absolute Gasteiger partial charge is 0.508 e. The van der Waals surface area contributed by atoms with Gasteiger partial charge in [0, 0.05) is 29.9 Å². The van der Waals surface area contributed by atoms with E-state index in [4.69, 9.17) is 0 Å². The van der Waals surface area contributed by atoms with Crippen LogP contribution in [0.3, 0.4) is 0 Å². The number of amides is 1. The minimum Gasteiger partial charge on any atom is -0.508 e. The number of benzene rings is 3. The molecule has 3 aromatic carbocycles. The van der Waals surface area contributed by atoms with Crippen molar-refractivity contribution in [2.75, 3.05) is 6.54 Å². The smallest absolute Gasteiger partial charge is 0.220 e. The number of hydrogen-bond acceptors (Lipinski definition) is 2. The fraction of sp³-hybridized carbons (Fsp3) is 0.321. The standard InChI is InChI=1S/C28H31NO2/c1-21-14-15-24(26(30)18-21)25(22-10-4-2-5-11-22)19-27(31)29-20-28(16-8-9-17-28)23-12-6-3-7-13-23/h2-7,10-15,18,25,30H,8-9,16-17,19-20H2,1H3,(H,29,31)/t25-/m1/s1. The summed E-state index contributed by atoms with van der Waals surface area (Å²) in [4.78, 5) is 13.1. The Morgan fingerprint density at radius 2 is 1.61 bits per heavy atom.